The van der Waals surface area contributed by atoms with Crippen LogP contribution in [0.15, 0.2) is 60.7 Å². The predicted molar refractivity (Wildman–Crippen MR) is 118 cm³/mol. The van der Waals surface area contributed by atoms with Gasteiger partial charge in [0.1, 0.15) is 11.2 Å². The van der Waals surface area contributed by atoms with Crippen LogP contribution < -0.4 is 0 Å². The van der Waals surface area contributed by atoms with Gasteiger partial charge in [-0.2, -0.15) is 0 Å². The molecule has 0 heterocycles. The third kappa shape index (κ3) is 4.04. The van der Waals surface area contributed by atoms with Gasteiger partial charge in [-0.25, -0.2) is 9.78 Å². The van der Waals surface area contributed by atoms with Crippen molar-refractivity contribution in [3.8, 4) is 0 Å². The molecular weight excluding hydrogens is 344 g/mol. The van der Waals surface area contributed by atoms with E-state index in [1.807, 2.05) is 12.1 Å². The summed E-state index contributed by atoms with van der Waals surface area (Å²) < 4.78 is 0. The lowest BCUT2D eigenvalue weighted by Gasteiger charge is -2.48. The Morgan fingerprint density at radius 2 is 0.821 bits per heavy atom. The summed E-state index contributed by atoms with van der Waals surface area (Å²) in [6, 6.07) is 20.9. The maximum absolute atomic E-state index is 6.48. The molecule has 2 unspecified atom stereocenters. The van der Waals surface area contributed by atoms with Gasteiger partial charge in [0.15, 0.2) is 0 Å². The van der Waals surface area contributed by atoms with Crippen LogP contribution in [-0.2, 0) is 21.0 Å². The van der Waals surface area contributed by atoms with Crippen molar-refractivity contribution in [1.82, 2.24) is 0 Å². The minimum atomic E-state index is -0.580. The molecule has 0 radical (unpaired) electrons. The van der Waals surface area contributed by atoms with Crippen molar-refractivity contribution >= 4 is 0 Å². The Morgan fingerprint density at radius 1 is 0.536 bits per heavy atom. The summed E-state index contributed by atoms with van der Waals surface area (Å²) >= 11 is 0. The number of benzene rings is 2. The first-order chi connectivity index (χ1) is 13.0. The Bertz CT molecular complexity index is 670. The van der Waals surface area contributed by atoms with E-state index >= 15 is 0 Å². The summed E-state index contributed by atoms with van der Waals surface area (Å²) in [5.41, 5.74) is 0.884. The van der Waals surface area contributed by atoms with Crippen molar-refractivity contribution in [1.29, 1.82) is 0 Å². The molecule has 2 rings (SSSR count). The van der Waals surface area contributed by atoms with Crippen molar-refractivity contribution in [3.05, 3.63) is 71.8 Å². The normalized spacial score (nSPS) is 17.0. The Morgan fingerprint density at radius 3 is 1.07 bits per heavy atom. The molecule has 2 aromatic carbocycles. The van der Waals surface area contributed by atoms with E-state index in [0.717, 1.165) is 24.0 Å². The molecule has 0 fully saturated rings. The van der Waals surface area contributed by atoms with Gasteiger partial charge in [-0.05, 0) is 37.8 Å². The van der Waals surface area contributed by atoms with Crippen LogP contribution in [0.3, 0.4) is 0 Å². The lowest BCUT2D eigenvalue weighted by atomic mass is 9.70. The average molecular weight is 383 g/mol. The highest BCUT2D eigenvalue weighted by Crippen LogP contribution is 2.50. The van der Waals surface area contributed by atoms with Gasteiger partial charge < -0.3 is 0 Å². The second kappa shape index (κ2) is 8.39. The third-order valence-corrected chi connectivity index (χ3v) is 7.37. The van der Waals surface area contributed by atoms with Crippen LogP contribution >= 0.6 is 0 Å². The summed E-state index contributed by atoms with van der Waals surface area (Å²) in [5, 5.41) is 0. The number of hydrogen-bond donors (Lipinski definition) is 0. The SMILES string of the molecule is CCC(C)(C)C(C)(OOC(C)(c1ccccc1)C(C)(C)CC)c1ccccc1. The fourth-order valence-corrected chi connectivity index (χ4v) is 3.46. The van der Waals surface area contributed by atoms with Gasteiger partial charge in [0.2, 0.25) is 0 Å². The lowest BCUT2D eigenvalue weighted by Crippen LogP contribution is -2.47. The summed E-state index contributed by atoms with van der Waals surface area (Å²) in [6.45, 7) is 17.7. The molecule has 2 heteroatoms. The molecule has 0 saturated heterocycles. The van der Waals surface area contributed by atoms with Gasteiger partial charge in [-0.1, -0.05) is 102 Å². The molecule has 0 spiro atoms. The Hall–Kier alpha value is -1.64. The van der Waals surface area contributed by atoms with Gasteiger partial charge in [0.25, 0.3) is 0 Å². The fourth-order valence-electron chi connectivity index (χ4n) is 3.46. The lowest BCUT2D eigenvalue weighted by molar-refractivity contribution is -0.451. The highest BCUT2D eigenvalue weighted by Gasteiger charge is 2.49. The molecule has 0 aliphatic heterocycles. The molecule has 2 atom stereocenters. The van der Waals surface area contributed by atoms with Gasteiger partial charge in [-0.15, -0.1) is 0 Å². The van der Waals surface area contributed by atoms with Gasteiger partial charge in [0.05, 0.1) is 0 Å². The maximum Gasteiger partial charge on any atom is 0.131 e. The molecule has 0 aliphatic carbocycles. The molecule has 0 aromatic heterocycles. The predicted octanol–water partition coefficient (Wildman–Crippen LogP) is 7.64. The second-order valence-corrected chi connectivity index (χ2v) is 9.44. The maximum atomic E-state index is 6.48. The third-order valence-electron chi connectivity index (χ3n) is 7.37. The average Bonchev–Trinajstić information content (AvgIpc) is 2.72. The van der Waals surface area contributed by atoms with Crippen molar-refractivity contribution in [2.45, 2.75) is 79.4 Å². The zero-order chi connectivity index (χ0) is 21.1. The van der Waals surface area contributed by atoms with E-state index in [9.17, 15) is 0 Å². The molecular formula is C26H38O2. The Labute approximate surface area is 172 Å². The van der Waals surface area contributed by atoms with Crippen LogP contribution in [0.4, 0.5) is 0 Å². The number of hydrogen-bond acceptors (Lipinski definition) is 2. The van der Waals surface area contributed by atoms with Crippen molar-refractivity contribution < 1.29 is 9.78 Å². The van der Waals surface area contributed by atoms with Crippen LogP contribution in [0.25, 0.3) is 0 Å². The van der Waals surface area contributed by atoms with E-state index in [2.05, 4.69) is 104 Å². The first kappa shape index (κ1) is 22.6. The van der Waals surface area contributed by atoms with E-state index in [1.54, 1.807) is 0 Å². The van der Waals surface area contributed by atoms with E-state index in [-0.39, 0.29) is 10.8 Å². The van der Waals surface area contributed by atoms with Gasteiger partial charge in [-0.3, -0.25) is 0 Å². The van der Waals surface area contributed by atoms with Crippen molar-refractivity contribution in [2.24, 2.45) is 10.8 Å². The van der Waals surface area contributed by atoms with Gasteiger partial charge >= 0.3 is 0 Å². The summed E-state index contributed by atoms with van der Waals surface area (Å²) in [6.07, 6.45) is 1.95. The summed E-state index contributed by atoms with van der Waals surface area (Å²) in [5.74, 6) is 0. The molecule has 2 aromatic rings. The highest BCUT2D eigenvalue weighted by atomic mass is 17.2. The van der Waals surface area contributed by atoms with Crippen LogP contribution in [0.1, 0.15) is 79.4 Å². The minimum Gasteiger partial charge on any atom is -0.224 e. The standard InChI is InChI=1S/C26H38O2/c1-9-23(3,4)25(7,21-17-13-11-14-18-21)27-28-26(8,24(5,6)10-2)22-19-15-12-16-20-22/h11-20H,9-10H2,1-8H3. The Balaban J connectivity index is 2.49. The zero-order valence-electron chi connectivity index (χ0n) is 19.0. The molecule has 0 N–H and O–H groups in total. The monoisotopic (exact) mass is 382 g/mol. The van der Waals surface area contributed by atoms with Gasteiger partial charge in [0, 0.05) is 10.8 Å². The molecule has 0 aliphatic rings. The first-order valence-electron chi connectivity index (χ1n) is 10.5. The molecule has 2 nitrogen and oxygen atoms in total. The van der Waals surface area contributed by atoms with Crippen LogP contribution in [0.5, 0.6) is 0 Å². The largest absolute Gasteiger partial charge is 0.224 e. The summed E-state index contributed by atoms with van der Waals surface area (Å²) in [4.78, 5) is 13.0. The highest BCUT2D eigenvalue weighted by molar-refractivity contribution is 5.26. The second-order valence-electron chi connectivity index (χ2n) is 9.44. The Kier molecular flexibility index (Phi) is 6.78. The van der Waals surface area contributed by atoms with E-state index in [4.69, 9.17) is 9.78 Å². The van der Waals surface area contributed by atoms with E-state index in [0.29, 0.717) is 0 Å². The smallest absolute Gasteiger partial charge is 0.131 e. The quantitative estimate of drug-likeness (QED) is 0.328. The molecule has 0 saturated carbocycles. The first-order valence-corrected chi connectivity index (χ1v) is 10.5. The zero-order valence-corrected chi connectivity index (χ0v) is 19.0. The molecule has 0 amide bonds. The molecule has 28 heavy (non-hydrogen) atoms. The van der Waals surface area contributed by atoms with Crippen LogP contribution in [-0.4, -0.2) is 0 Å². The summed E-state index contributed by atoms with van der Waals surface area (Å²) in [7, 11) is 0. The van der Waals surface area contributed by atoms with E-state index < -0.39 is 11.2 Å². The topological polar surface area (TPSA) is 18.5 Å². The van der Waals surface area contributed by atoms with E-state index in [1.165, 1.54) is 0 Å². The van der Waals surface area contributed by atoms with Crippen LogP contribution in [0.2, 0.25) is 0 Å². The van der Waals surface area contributed by atoms with Crippen molar-refractivity contribution in [3.63, 3.8) is 0 Å². The van der Waals surface area contributed by atoms with Crippen molar-refractivity contribution in [2.75, 3.05) is 0 Å². The number of rotatable bonds is 9. The molecule has 154 valence electrons. The fraction of sp³-hybridized carbons (Fsp3) is 0.538. The molecule has 0 bridgehead atoms. The van der Waals surface area contributed by atoms with Crippen LogP contribution in [0, 0.1) is 10.8 Å². The minimum absolute atomic E-state index is 0.109.